The standard InChI is InChI=1S/C18H13BrFNO2S/c19-15-5-3-12(4-6-15)16-7-8-21-10-17(16)13-1-2-14(11-24(22)23)18(20)9-13/h1-10H,11H2,(H,22,23)/p-1. The van der Waals surface area contributed by atoms with Crippen LogP contribution in [0.15, 0.2) is 65.4 Å². The number of rotatable bonds is 4. The van der Waals surface area contributed by atoms with E-state index in [0.29, 0.717) is 5.56 Å². The van der Waals surface area contributed by atoms with Crippen LogP contribution < -0.4 is 0 Å². The molecule has 0 N–H and O–H groups in total. The summed E-state index contributed by atoms with van der Waals surface area (Å²) in [6.07, 6.45) is 3.36. The minimum atomic E-state index is -2.32. The van der Waals surface area contributed by atoms with Crippen molar-refractivity contribution in [2.24, 2.45) is 0 Å². The van der Waals surface area contributed by atoms with Gasteiger partial charge in [-0.05, 0) is 46.5 Å². The highest BCUT2D eigenvalue weighted by molar-refractivity contribution is 9.10. The number of hydrogen-bond acceptors (Lipinski definition) is 3. The Kier molecular flexibility index (Phi) is 5.18. The third kappa shape index (κ3) is 3.77. The van der Waals surface area contributed by atoms with Crippen molar-refractivity contribution in [3.8, 4) is 22.3 Å². The molecule has 1 aromatic heterocycles. The lowest BCUT2D eigenvalue weighted by Crippen LogP contribution is -1.97. The number of halogens is 2. The van der Waals surface area contributed by atoms with E-state index in [-0.39, 0.29) is 11.3 Å². The van der Waals surface area contributed by atoms with Gasteiger partial charge in [-0.25, -0.2) is 4.39 Å². The highest BCUT2D eigenvalue weighted by atomic mass is 79.9. The van der Waals surface area contributed by atoms with E-state index >= 15 is 0 Å². The molecule has 0 spiro atoms. The fraction of sp³-hybridized carbons (Fsp3) is 0.0556. The van der Waals surface area contributed by atoms with Gasteiger partial charge in [-0.15, -0.1) is 0 Å². The predicted octanol–water partition coefficient (Wildman–Crippen LogP) is 4.70. The molecule has 1 atom stereocenters. The van der Waals surface area contributed by atoms with Crippen molar-refractivity contribution in [2.75, 3.05) is 0 Å². The van der Waals surface area contributed by atoms with E-state index in [1.165, 1.54) is 12.1 Å². The van der Waals surface area contributed by atoms with Crippen molar-refractivity contribution in [3.05, 3.63) is 76.8 Å². The van der Waals surface area contributed by atoms with Crippen LogP contribution in [0.3, 0.4) is 0 Å². The van der Waals surface area contributed by atoms with E-state index in [4.69, 9.17) is 0 Å². The average Bonchev–Trinajstić information content (AvgIpc) is 2.57. The molecular formula is C18H12BrFNO2S-. The fourth-order valence-electron chi connectivity index (χ4n) is 2.46. The first-order chi connectivity index (χ1) is 11.5. The Balaban J connectivity index is 2.06. The zero-order valence-electron chi connectivity index (χ0n) is 12.4. The minimum Gasteiger partial charge on any atom is -0.772 e. The van der Waals surface area contributed by atoms with Gasteiger partial charge >= 0.3 is 0 Å². The van der Waals surface area contributed by atoms with Gasteiger partial charge in [0.25, 0.3) is 0 Å². The van der Waals surface area contributed by atoms with E-state index in [2.05, 4.69) is 20.9 Å². The highest BCUT2D eigenvalue weighted by Crippen LogP contribution is 2.32. The predicted molar refractivity (Wildman–Crippen MR) is 95.4 cm³/mol. The molecule has 2 aromatic carbocycles. The van der Waals surface area contributed by atoms with E-state index in [1.54, 1.807) is 18.5 Å². The molecule has 0 saturated carbocycles. The van der Waals surface area contributed by atoms with Crippen molar-refractivity contribution in [3.63, 3.8) is 0 Å². The van der Waals surface area contributed by atoms with Gasteiger partial charge in [-0.1, -0.05) is 51.3 Å². The van der Waals surface area contributed by atoms with Gasteiger partial charge in [-0.2, -0.15) is 0 Å². The topological polar surface area (TPSA) is 53.0 Å². The molecule has 0 amide bonds. The van der Waals surface area contributed by atoms with Crippen LogP contribution in [0.25, 0.3) is 22.3 Å². The highest BCUT2D eigenvalue weighted by Gasteiger charge is 2.10. The second-order valence-corrected chi connectivity index (χ2v) is 6.99. The van der Waals surface area contributed by atoms with Crippen LogP contribution in [0, 0.1) is 5.82 Å². The van der Waals surface area contributed by atoms with Crippen LogP contribution in [0.1, 0.15) is 5.56 Å². The van der Waals surface area contributed by atoms with E-state index < -0.39 is 16.9 Å². The molecule has 1 heterocycles. The second kappa shape index (κ2) is 7.34. The number of benzene rings is 2. The Morgan fingerprint density at radius 3 is 2.42 bits per heavy atom. The van der Waals surface area contributed by atoms with E-state index in [0.717, 1.165) is 21.2 Å². The summed E-state index contributed by atoms with van der Waals surface area (Å²) in [5.41, 5.74) is 3.51. The third-order valence-electron chi connectivity index (χ3n) is 3.61. The maximum Gasteiger partial charge on any atom is 0.127 e. The van der Waals surface area contributed by atoms with E-state index in [1.807, 2.05) is 30.3 Å². The summed E-state index contributed by atoms with van der Waals surface area (Å²) in [7, 11) is 0. The molecular weight excluding hydrogens is 393 g/mol. The fourth-order valence-corrected chi connectivity index (χ4v) is 3.22. The summed E-state index contributed by atoms with van der Waals surface area (Å²) in [4.78, 5) is 4.13. The van der Waals surface area contributed by atoms with Crippen molar-refractivity contribution in [1.29, 1.82) is 0 Å². The molecule has 0 saturated heterocycles. The van der Waals surface area contributed by atoms with Gasteiger partial charge in [0.15, 0.2) is 0 Å². The normalized spacial score (nSPS) is 12.1. The zero-order valence-corrected chi connectivity index (χ0v) is 14.8. The van der Waals surface area contributed by atoms with Gasteiger partial charge in [0, 0.05) is 28.2 Å². The number of nitrogens with zero attached hydrogens (tertiary/aromatic N) is 1. The van der Waals surface area contributed by atoms with Crippen LogP contribution >= 0.6 is 15.9 Å². The van der Waals surface area contributed by atoms with Crippen molar-refractivity contribution in [2.45, 2.75) is 5.75 Å². The van der Waals surface area contributed by atoms with Crippen molar-refractivity contribution in [1.82, 2.24) is 4.98 Å². The summed E-state index contributed by atoms with van der Waals surface area (Å²) in [6, 6.07) is 14.2. The molecule has 0 radical (unpaired) electrons. The first-order valence-electron chi connectivity index (χ1n) is 7.09. The molecule has 3 rings (SSSR count). The Labute approximate surface area is 150 Å². The molecule has 0 bridgehead atoms. The van der Waals surface area contributed by atoms with Crippen LogP contribution in [-0.4, -0.2) is 13.7 Å². The summed E-state index contributed by atoms with van der Waals surface area (Å²) in [6.45, 7) is 0. The average molecular weight is 405 g/mol. The van der Waals surface area contributed by atoms with E-state index in [9.17, 15) is 13.2 Å². The molecule has 24 heavy (non-hydrogen) atoms. The second-order valence-electron chi connectivity index (χ2n) is 5.18. The number of hydrogen-bond donors (Lipinski definition) is 0. The van der Waals surface area contributed by atoms with Gasteiger partial charge in [0.2, 0.25) is 0 Å². The van der Waals surface area contributed by atoms with Crippen molar-refractivity contribution >= 4 is 27.0 Å². The quantitative estimate of drug-likeness (QED) is 0.592. The van der Waals surface area contributed by atoms with Gasteiger partial charge in [-0.3, -0.25) is 9.19 Å². The molecule has 3 nitrogen and oxygen atoms in total. The third-order valence-corrected chi connectivity index (χ3v) is 4.69. The maximum atomic E-state index is 14.2. The Morgan fingerprint density at radius 1 is 1.04 bits per heavy atom. The Morgan fingerprint density at radius 2 is 1.75 bits per heavy atom. The molecule has 1 unspecified atom stereocenters. The van der Waals surface area contributed by atoms with Gasteiger partial charge in [0.05, 0.1) is 0 Å². The van der Waals surface area contributed by atoms with Crippen LogP contribution in [0.5, 0.6) is 0 Å². The SMILES string of the molecule is O=S([O-])Cc1ccc(-c2cnccc2-c2ccc(Br)cc2)cc1F. The molecule has 0 aliphatic carbocycles. The molecule has 122 valence electrons. The Hall–Kier alpha value is -1.89. The van der Waals surface area contributed by atoms with Crippen LogP contribution in [-0.2, 0) is 16.8 Å². The smallest absolute Gasteiger partial charge is 0.127 e. The lowest BCUT2D eigenvalue weighted by Gasteiger charge is -2.12. The van der Waals surface area contributed by atoms with Gasteiger partial charge in [0.1, 0.15) is 5.82 Å². The summed E-state index contributed by atoms with van der Waals surface area (Å²) < 4.78 is 36.7. The number of pyridine rings is 1. The lowest BCUT2D eigenvalue weighted by atomic mass is 9.96. The van der Waals surface area contributed by atoms with Crippen LogP contribution in [0.2, 0.25) is 0 Å². The molecule has 6 heteroatoms. The molecule has 0 aliphatic heterocycles. The maximum absolute atomic E-state index is 14.2. The largest absolute Gasteiger partial charge is 0.772 e. The molecule has 3 aromatic rings. The first-order valence-corrected chi connectivity index (χ1v) is 9.13. The Bertz CT molecular complexity index is 900. The first kappa shape index (κ1) is 17.0. The summed E-state index contributed by atoms with van der Waals surface area (Å²) in [5, 5.41) is 0. The molecule has 0 aliphatic rings. The summed E-state index contributed by atoms with van der Waals surface area (Å²) in [5.74, 6) is -0.874. The molecule has 0 fully saturated rings. The van der Waals surface area contributed by atoms with Crippen molar-refractivity contribution < 1.29 is 13.2 Å². The summed E-state index contributed by atoms with van der Waals surface area (Å²) >= 11 is 1.09. The zero-order chi connectivity index (χ0) is 17.1. The monoisotopic (exact) mass is 404 g/mol. The number of aromatic nitrogens is 1. The lowest BCUT2D eigenvalue weighted by molar-refractivity contribution is 0.533. The van der Waals surface area contributed by atoms with Gasteiger partial charge < -0.3 is 4.55 Å². The minimum absolute atomic E-state index is 0.154. The van der Waals surface area contributed by atoms with Crippen LogP contribution in [0.4, 0.5) is 4.39 Å².